The lowest BCUT2D eigenvalue weighted by Gasteiger charge is -2.11. The van der Waals surface area contributed by atoms with Crippen molar-refractivity contribution < 1.29 is 9.21 Å². The van der Waals surface area contributed by atoms with E-state index in [2.05, 4.69) is 36.3 Å². The van der Waals surface area contributed by atoms with Gasteiger partial charge in [-0.1, -0.05) is 19.9 Å². The fourth-order valence-corrected chi connectivity index (χ4v) is 3.17. The van der Waals surface area contributed by atoms with Crippen molar-refractivity contribution in [3.05, 3.63) is 29.2 Å². The van der Waals surface area contributed by atoms with Crippen LogP contribution in [0.25, 0.3) is 11.1 Å². The first kappa shape index (κ1) is 14.1. The summed E-state index contributed by atoms with van der Waals surface area (Å²) in [4.78, 5) is 15.6. The van der Waals surface area contributed by atoms with Crippen LogP contribution in [0.3, 0.4) is 0 Å². The zero-order chi connectivity index (χ0) is 15.0. The maximum Gasteiger partial charge on any atom is 0.216 e. The molecular formula is C17H22N2O2. The van der Waals surface area contributed by atoms with E-state index in [0.717, 1.165) is 42.8 Å². The molecule has 112 valence electrons. The summed E-state index contributed by atoms with van der Waals surface area (Å²) in [7, 11) is 0. The van der Waals surface area contributed by atoms with Crippen LogP contribution in [0.15, 0.2) is 16.5 Å². The molecule has 2 aromatic rings. The zero-order valence-corrected chi connectivity index (χ0v) is 12.9. The Hall–Kier alpha value is -1.84. The summed E-state index contributed by atoms with van der Waals surface area (Å²) >= 11 is 0. The Morgan fingerprint density at radius 1 is 1.48 bits per heavy atom. The molecule has 1 amide bonds. The standard InChI is InChI=1S/C17H22N2O2/c1-10(2)17-19-14-7-6-12-4-5-13(8-9-18-11(3)20)15(12)16(14)21-17/h6-7,10,13H,4-5,8-9H2,1-3H3,(H,18,20). The molecule has 0 saturated carbocycles. The molecule has 3 rings (SSSR count). The molecule has 0 aliphatic heterocycles. The van der Waals surface area contributed by atoms with Gasteiger partial charge in [-0.2, -0.15) is 0 Å². The highest BCUT2D eigenvalue weighted by molar-refractivity contribution is 5.79. The molecule has 0 radical (unpaired) electrons. The van der Waals surface area contributed by atoms with Gasteiger partial charge in [0.2, 0.25) is 5.91 Å². The number of benzene rings is 1. The number of amides is 1. The maximum absolute atomic E-state index is 11.0. The Balaban J connectivity index is 1.91. The normalized spacial score (nSPS) is 17.4. The number of carbonyl (C=O) groups is 1. The highest BCUT2D eigenvalue weighted by atomic mass is 16.3. The van der Waals surface area contributed by atoms with Crippen LogP contribution in [-0.4, -0.2) is 17.4 Å². The number of carbonyl (C=O) groups excluding carboxylic acids is 1. The lowest BCUT2D eigenvalue weighted by atomic mass is 9.97. The lowest BCUT2D eigenvalue weighted by Crippen LogP contribution is -2.22. The second-order valence-corrected chi connectivity index (χ2v) is 6.20. The second-order valence-electron chi connectivity index (χ2n) is 6.20. The van der Waals surface area contributed by atoms with Gasteiger partial charge < -0.3 is 9.73 Å². The van der Waals surface area contributed by atoms with Crippen molar-refractivity contribution in [2.24, 2.45) is 0 Å². The van der Waals surface area contributed by atoms with Crippen LogP contribution in [0, 0.1) is 0 Å². The zero-order valence-electron chi connectivity index (χ0n) is 12.9. The number of oxazole rings is 1. The van der Waals surface area contributed by atoms with Crippen molar-refractivity contribution in [1.29, 1.82) is 0 Å². The summed E-state index contributed by atoms with van der Waals surface area (Å²) < 4.78 is 6.03. The summed E-state index contributed by atoms with van der Waals surface area (Å²) in [6.07, 6.45) is 3.18. The average molecular weight is 286 g/mol. The van der Waals surface area contributed by atoms with E-state index in [9.17, 15) is 4.79 Å². The first-order valence-electron chi connectivity index (χ1n) is 7.73. The van der Waals surface area contributed by atoms with E-state index in [1.807, 2.05) is 0 Å². The van der Waals surface area contributed by atoms with Crippen molar-refractivity contribution in [3.63, 3.8) is 0 Å². The molecule has 0 spiro atoms. The predicted octanol–water partition coefficient (Wildman–Crippen LogP) is 3.51. The van der Waals surface area contributed by atoms with E-state index >= 15 is 0 Å². The van der Waals surface area contributed by atoms with Crippen LogP contribution in [-0.2, 0) is 11.2 Å². The Morgan fingerprint density at radius 3 is 3.00 bits per heavy atom. The molecule has 1 aromatic carbocycles. The van der Waals surface area contributed by atoms with E-state index in [1.54, 1.807) is 6.92 Å². The van der Waals surface area contributed by atoms with Gasteiger partial charge >= 0.3 is 0 Å². The van der Waals surface area contributed by atoms with Gasteiger partial charge in [-0.05, 0) is 36.8 Å². The topological polar surface area (TPSA) is 55.1 Å². The van der Waals surface area contributed by atoms with Crippen LogP contribution in [0.5, 0.6) is 0 Å². The van der Waals surface area contributed by atoms with Crippen molar-refractivity contribution in [1.82, 2.24) is 10.3 Å². The van der Waals surface area contributed by atoms with Gasteiger partial charge in [0.05, 0.1) is 0 Å². The van der Waals surface area contributed by atoms with Gasteiger partial charge in [-0.15, -0.1) is 0 Å². The molecule has 1 aliphatic carbocycles. The molecule has 1 aromatic heterocycles. The minimum Gasteiger partial charge on any atom is -0.440 e. The molecule has 0 bridgehead atoms. The van der Waals surface area contributed by atoms with E-state index in [-0.39, 0.29) is 5.91 Å². The van der Waals surface area contributed by atoms with Crippen LogP contribution >= 0.6 is 0 Å². The Morgan fingerprint density at radius 2 is 2.29 bits per heavy atom. The third kappa shape index (κ3) is 2.67. The SMILES string of the molecule is CC(=O)NCCC1CCc2ccc3nc(C(C)C)oc3c21. The number of aryl methyl sites for hydroxylation is 1. The third-order valence-electron chi connectivity index (χ3n) is 4.23. The van der Waals surface area contributed by atoms with Crippen LogP contribution in [0.1, 0.15) is 62.5 Å². The fraction of sp³-hybridized carbons (Fsp3) is 0.529. The van der Waals surface area contributed by atoms with Crippen LogP contribution in [0.2, 0.25) is 0 Å². The number of nitrogens with zero attached hydrogens (tertiary/aromatic N) is 1. The van der Waals surface area contributed by atoms with Gasteiger partial charge in [0.15, 0.2) is 11.5 Å². The molecule has 1 atom stereocenters. The van der Waals surface area contributed by atoms with Crippen LogP contribution < -0.4 is 5.32 Å². The largest absolute Gasteiger partial charge is 0.440 e. The second kappa shape index (κ2) is 5.51. The van der Waals surface area contributed by atoms with E-state index < -0.39 is 0 Å². The lowest BCUT2D eigenvalue weighted by molar-refractivity contribution is -0.118. The summed E-state index contributed by atoms with van der Waals surface area (Å²) in [5.74, 6) is 1.61. The van der Waals surface area contributed by atoms with Crippen LogP contribution in [0.4, 0.5) is 0 Å². The first-order chi connectivity index (χ1) is 10.1. The van der Waals surface area contributed by atoms with Crippen molar-refractivity contribution in [2.45, 2.75) is 51.9 Å². The van der Waals surface area contributed by atoms with E-state index in [1.165, 1.54) is 11.1 Å². The summed E-state index contributed by atoms with van der Waals surface area (Å²) in [5, 5.41) is 2.89. The molecule has 1 N–H and O–H groups in total. The van der Waals surface area contributed by atoms with Crippen molar-refractivity contribution in [2.75, 3.05) is 6.54 Å². The number of nitrogens with one attached hydrogen (secondary N) is 1. The van der Waals surface area contributed by atoms with Gasteiger partial charge in [-0.25, -0.2) is 4.98 Å². The van der Waals surface area contributed by atoms with E-state index in [0.29, 0.717) is 11.8 Å². The average Bonchev–Trinajstić information content (AvgIpc) is 3.01. The van der Waals surface area contributed by atoms with Gasteiger partial charge in [0, 0.05) is 24.9 Å². The van der Waals surface area contributed by atoms with E-state index in [4.69, 9.17) is 4.42 Å². The van der Waals surface area contributed by atoms with Gasteiger partial charge in [-0.3, -0.25) is 4.79 Å². The fourth-order valence-electron chi connectivity index (χ4n) is 3.17. The van der Waals surface area contributed by atoms with Gasteiger partial charge in [0.25, 0.3) is 0 Å². The number of fused-ring (bicyclic) bond motifs is 3. The number of rotatable bonds is 4. The first-order valence-corrected chi connectivity index (χ1v) is 7.73. The molecule has 0 saturated heterocycles. The number of hydrogen-bond donors (Lipinski definition) is 1. The quantitative estimate of drug-likeness (QED) is 0.935. The minimum absolute atomic E-state index is 0.0354. The highest BCUT2D eigenvalue weighted by Gasteiger charge is 2.27. The molecule has 1 aliphatic rings. The predicted molar refractivity (Wildman–Crippen MR) is 82.5 cm³/mol. The molecule has 1 unspecified atom stereocenters. The van der Waals surface area contributed by atoms with Crippen molar-refractivity contribution in [3.8, 4) is 0 Å². The molecule has 1 heterocycles. The Kier molecular flexibility index (Phi) is 3.70. The Labute approximate surface area is 124 Å². The summed E-state index contributed by atoms with van der Waals surface area (Å²) in [6, 6.07) is 4.25. The molecular weight excluding hydrogens is 264 g/mol. The maximum atomic E-state index is 11.0. The minimum atomic E-state index is 0.0354. The number of hydrogen-bond acceptors (Lipinski definition) is 3. The number of aromatic nitrogens is 1. The molecule has 4 nitrogen and oxygen atoms in total. The Bertz CT molecular complexity index is 673. The summed E-state index contributed by atoms with van der Waals surface area (Å²) in [5.41, 5.74) is 4.62. The molecule has 21 heavy (non-hydrogen) atoms. The molecule has 0 fully saturated rings. The van der Waals surface area contributed by atoms with Crippen molar-refractivity contribution >= 4 is 17.0 Å². The smallest absolute Gasteiger partial charge is 0.216 e. The van der Waals surface area contributed by atoms with Gasteiger partial charge in [0.1, 0.15) is 5.52 Å². The third-order valence-corrected chi connectivity index (χ3v) is 4.23. The molecule has 4 heteroatoms. The summed E-state index contributed by atoms with van der Waals surface area (Å²) in [6.45, 7) is 6.48. The monoisotopic (exact) mass is 286 g/mol. The highest BCUT2D eigenvalue weighted by Crippen LogP contribution is 2.40.